The molecule has 1 aromatic heterocycles. The van der Waals surface area contributed by atoms with E-state index in [-0.39, 0.29) is 11.7 Å². The molecule has 0 aliphatic carbocycles. The summed E-state index contributed by atoms with van der Waals surface area (Å²) in [6.07, 6.45) is 3.27. The molecular formula is C16H17N3O2. The van der Waals surface area contributed by atoms with Crippen molar-refractivity contribution in [2.45, 2.75) is 0 Å². The van der Waals surface area contributed by atoms with E-state index in [9.17, 15) is 9.90 Å². The molecule has 2 heterocycles. The average Bonchev–Trinajstić information content (AvgIpc) is 2.56. The summed E-state index contributed by atoms with van der Waals surface area (Å²) >= 11 is 0. The summed E-state index contributed by atoms with van der Waals surface area (Å²) in [4.78, 5) is 20.4. The van der Waals surface area contributed by atoms with Gasteiger partial charge in [0.15, 0.2) is 0 Å². The zero-order chi connectivity index (χ0) is 14.7. The number of anilines is 1. The first kappa shape index (κ1) is 13.4. The van der Waals surface area contributed by atoms with Crippen molar-refractivity contribution < 1.29 is 9.90 Å². The summed E-state index contributed by atoms with van der Waals surface area (Å²) in [6, 6.07) is 10.7. The van der Waals surface area contributed by atoms with E-state index in [4.69, 9.17) is 0 Å². The van der Waals surface area contributed by atoms with Crippen LogP contribution in [0.25, 0.3) is 0 Å². The molecule has 1 fully saturated rings. The van der Waals surface area contributed by atoms with Crippen molar-refractivity contribution in [2.75, 3.05) is 31.1 Å². The maximum absolute atomic E-state index is 12.3. The Kier molecular flexibility index (Phi) is 3.73. The highest BCUT2D eigenvalue weighted by atomic mass is 16.3. The topological polar surface area (TPSA) is 56.7 Å². The van der Waals surface area contributed by atoms with Gasteiger partial charge in [0.25, 0.3) is 5.91 Å². The Hall–Kier alpha value is -2.56. The molecule has 2 aromatic rings. The van der Waals surface area contributed by atoms with Gasteiger partial charge in [-0.15, -0.1) is 0 Å². The zero-order valence-corrected chi connectivity index (χ0v) is 11.6. The van der Waals surface area contributed by atoms with Gasteiger partial charge in [-0.3, -0.25) is 9.78 Å². The molecule has 1 N–H and O–H groups in total. The molecule has 0 saturated carbocycles. The quantitative estimate of drug-likeness (QED) is 0.912. The average molecular weight is 283 g/mol. The first-order valence-electron chi connectivity index (χ1n) is 6.97. The minimum Gasteiger partial charge on any atom is -0.508 e. The smallest absolute Gasteiger partial charge is 0.255 e. The van der Waals surface area contributed by atoms with Gasteiger partial charge in [0.05, 0.1) is 5.56 Å². The van der Waals surface area contributed by atoms with Crippen LogP contribution in [0.15, 0.2) is 48.8 Å². The van der Waals surface area contributed by atoms with Crippen molar-refractivity contribution in [3.8, 4) is 5.75 Å². The third-order valence-corrected chi connectivity index (χ3v) is 3.69. The lowest BCUT2D eigenvalue weighted by atomic mass is 10.2. The summed E-state index contributed by atoms with van der Waals surface area (Å²) in [5.74, 6) is 0.303. The third-order valence-electron chi connectivity index (χ3n) is 3.69. The second kappa shape index (κ2) is 5.83. The third kappa shape index (κ3) is 2.97. The van der Waals surface area contributed by atoms with E-state index < -0.39 is 0 Å². The lowest BCUT2D eigenvalue weighted by Gasteiger charge is -2.36. The molecule has 3 rings (SSSR count). The first-order valence-corrected chi connectivity index (χ1v) is 6.97. The number of aromatic hydroxyl groups is 1. The number of rotatable bonds is 2. The van der Waals surface area contributed by atoms with E-state index in [1.54, 1.807) is 36.7 Å². The number of phenolic OH excluding ortho intramolecular Hbond substituents is 1. The van der Waals surface area contributed by atoms with Crippen LogP contribution in [-0.2, 0) is 0 Å². The fourth-order valence-electron chi connectivity index (χ4n) is 2.50. The first-order chi connectivity index (χ1) is 10.2. The predicted octanol–water partition coefficient (Wildman–Crippen LogP) is 1.75. The fraction of sp³-hybridized carbons (Fsp3) is 0.250. The minimum atomic E-state index is 0.0356. The summed E-state index contributed by atoms with van der Waals surface area (Å²) in [5, 5.41) is 9.32. The molecule has 0 bridgehead atoms. The molecule has 1 aliphatic heterocycles. The standard InChI is InChI=1S/C16H17N3O2/c20-15-5-3-14(4-6-15)18-8-10-19(11-9-18)16(21)13-2-1-7-17-12-13/h1-7,12,20H,8-11H2. The maximum atomic E-state index is 12.3. The molecule has 108 valence electrons. The Morgan fingerprint density at radius 1 is 1.05 bits per heavy atom. The number of pyridine rings is 1. The van der Waals surface area contributed by atoms with Crippen molar-refractivity contribution in [1.82, 2.24) is 9.88 Å². The maximum Gasteiger partial charge on any atom is 0.255 e. The second-order valence-electron chi connectivity index (χ2n) is 5.04. The van der Waals surface area contributed by atoms with Gasteiger partial charge < -0.3 is 14.9 Å². The largest absolute Gasteiger partial charge is 0.508 e. The fourth-order valence-corrected chi connectivity index (χ4v) is 2.50. The molecule has 0 radical (unpaired) electrons. The molecule has 21 heavy (non-hydrogen) atoms. The van der Waals surface area contributed by atoms with Crippen molar-refractivity contribution in [3.63, 3.8) is 0 Å². The van der Waals surface area contributed by atoms with Crippen molar-refractivity contribution in [3.05, 3.63) is 54.4 Å². The number of nitrogens with zero attached hydrogens (tertiary/aromatic N) is 3. The molecular weight excluding hydrogens is 266 g/mol. The molecule has 1 saturated heterocycles. The van der Waals surface area contributed by atoms with Crippen molar-refractivity contribution in [1.29, 1.82) is 0 Å². The summed E-state index contributed by atoms with van der Waals surface area (Å²) in [5.41, 5.74) is 1.71. The van der Waals surface area contributed by atoms with E-state index in [1.807, 2.05) is 17.0 Å². The lowest BCUT2D eigenvalue weighted by Crippen LogP contribution is -2.48. The molecule has 1 aliphatic rings. The van der Waals surface area contributed by atoms with Gasteiger partial charge >= 0.3 is 0 Å². The second-order valence-corrected chi connectivity index (χ2v) is 5.04. The summed E-state index contributed by atoms with van der Waals surface area (Å²) in [7, 11) is 0. The molecule has 5 nitrogen and oxygen atoms in total. The Morgan fingerprint density at radius 2 is 1.76 bits per heavy atom. The van der Waals surface area contributed by atoms with Crippen molar-refractivity contribution in [2.24, 2.45) is 0 Å². The van der Waals surface area contributed by atoms with Gasteiger partial charge in [0.2, 0.25) is 0 Å². The molecule has 0 spiro atoms. The van der Waals surface area contributed by atoms with Crippen LogP contribution in [0.3, 0.4) is 0 Å². The van der Waals surface area contributed by atoms with Gasteiger partial charge in [0.1, 0.15) is 5.75 Å². The van der Waals surface area contributed by atoms with Gasteiger partial charge in [-0.1, -0.05) is 0 Å². The molecule has 0 atom stereocenters. The van der Waals surface area contributed by atoms with Gasteiger partial charge in [-0.05, 0) is 36.4 Å². The van der Waals surface area contributed by atoms with Gasteiger partial charge in [0, 0.05) is 44.3 Å². The van der Waals surface area contributed by atoms with Crippen LogP contribution in [0.1, 0.15) is 10.4 Å². The highest BCUT2D eigenvalue weighted by molar-refractivity contribution is 5.94. The number of piperazine rings is 1. The molecule has 1 amide bonds. The number of amides is 1. The van der Waals surface area contributed by atoms with E-state index in [1.165, 1.54) is 0 Å². The normalized spacial score (nSPS) is 15.0. The van der Waals surface area contributed by atoms with Crippen LogP contribution >= 0.6 is 0 Å². The Labute approximate surface area is 123 Å². The van der Waals surface area contributed by atoms with Crippen LogP contribution in [0.4, 0.5) is 5.69 Å². The summed E-state index contributed by atoms with van der Waals surface area (Å²) < 4.78 is 0. The molecule has 0 unspecified atom stereocenters. The number of carbonyl (C=O) groups excluding carboxylic acids is 1. The summed E-state index contributed by atoms with van der Waals surface area (Å²) in [6.45, 7) is 2.96. The van der Waals surface area contributed by atoms with E-state index in [0.29, 0.717) is 18.7 Å². The number of hydrogen-bond donors (Lipinski definition) is 1. The van der Waals surface area contributed by atoms with Crippen molar-refractivity contribution >= 4 is 11.6 Å². The molecule has 1 aromatic carbocycles. The monoisotopic (exact) mass is 283 g/mol. The SMILES string of the molecule is O=C(c1cccnc1)N1CCN(c2ccc(O)cc2)CC1. The number of phenols is 1. The van der Waals surface area contributed by atoms with Crippen LogP contribution in [0.5, 0.6) is 5.75 Å². The van der Waals surface area contributed by atoms with Crippen LogP contribution < -0.4 is 4.90 Å². The van der Waals surface area contributed by atoms with Crippen LogP contribution in [0.2, 0.25) is 0 Å². The predicted molar refractivity (Wildman–Crippen MR) is 80.5 cm³/mol. The van der Waals surface area contributed by atoms with E-state index in [2.05, 4.69) is 9.88 Å². The Balaban J connectivity index is 1.63. The van der Waals surface area contributed by atoms with Crippen LogP contribution in [-0.4, -0.2) is 47.1 Å². The highest BCUT2D eigenvalue weighted by Crippen LogP contribution is 2.20. The number of benzene rings is 1. The number of carbonyl (C=O) groups is 1. The van der Waals surface area contributed by atoms with E-state index >= 15 is 0 Å². The molecule has 5 heteroatoms. The highest BCUT2D eigenvalue weighted by Gasteiger charge is 2.22. The Morgan fingerprint density at radius 3 is 2.38 bits per heavy atom. The lowest BCUT2D eigenvalue weighted by molar-refractivity contribution is 0.0746. The van der Waals surface area contributed by atoms with Crippen LogP contribution in [0, 0.1) is 0 Å². The number of aromatic nitrogens is 1. The number of hydrogen-bond acceptors (Lipinski definition) is 4. The van der Waals surface area contributed by atoms with Gasteiger partial charge in [-0.25, -0.2) is 0 Å². The minimum absolute atomic E-state index is 0.0356. The Bertz CT molecular complexity index is 605. The zero-order valence-electron chi connectivity index (χ0n) is 11.6. The van der Waals surface area contributed by atoms with Gasteiger partial charge in [-0.2, -0.15) is 0 Å². The van der Waals surface area contributed by atoms with E-state index in [0.717, 1.165) is 18.8 Å².